The Morgan fingerprint density at radius 3 is 2.38 bits per heavy atom. The molecule has 0 aromatic rings. The van der Waals surface area contributed by atoms with Crippen molar-refractivity contribution in [1.29, 1.82) is 0 Å². The summed E-state index contributed by atoms with van der Waals surface area (Å²) in [5.41, 5.74) is 4.25. The third-order valence-electron chi connectivity index (χ3n) is 2.36. The highest BCUT2D eigenvalue weighted by Gasteiger charge is 2.21. The summed E-state index contributed by atoms with van der Waals surface area (Å²) in [4.78, 5) is 2.79. The van der Waals surface area contributed by atoms with Gasteiger partial charge in [0.25, 0.3) is 0 Å². The molecule has 0 N–H and O–H groups in total. The summed E-state index contributed by atoms with van der Waals surface area (Å²) < 4.78 is 0. The second-order valence-electron chi connectivity index (χ2n) is 3.12. The maximum absolute atomic E-state index is 2.29. The normalized spacial score (nSPS) is 20.1. The average Bonchev–Trinajstić information content (AvgIpc) is 2.66. The van der Waals surface area contributed by atoms with E-state index in [1.165, 1.54) is 26.5 Å². The summed E-state index contributed by atoms with van der Waals surface area (Å²) >= 11 is 3.65. The van der Waals surface area contributed by atoms with E-state index in [1.807, 2.05) is 23.5 Å². The smallest absolute Gasteiger partial charge is 0.0151 e. The van der Waals surface area contributed by atoms with Gasteiger partial charge in [0, 0.05) is 9.81 Å². The minimum absolute atomic E-state index is 1.38. The summed E-state index contributed by atoms with van der Waals surface area (Å²) in [6, 6.07) is 0. The van der Waals surface area contributed by atoms with Gasteiger partial charge in [-0.3, -0.25) is 0 Å². The van der Waals surface area contributed by atoms with Crippen LogP contribution in [0.4, 0.5) is 0 Å². The minimum Gasteiger partial charge on any atom is -0.130 e. The van der Waals surface area contributed by atoms with E-state index in [-0.39, 0.29) is 0 Å². The summed E-state index contributed by atoms with van der Waals surface area (Å²) in [7, 11) is 0. The molecular formula is C11H12S2. The van der Waals surface area contributed by atoms with Crippen LogP contribution in [-0.4, -0.2) is 12.5 Å². The van der Waals surface area contributed by atoms with Gasteiger partial charge in [0.15, 0.2) is 0 Å². The van der Waals surface area contributed by atoms with Gasteiger partial charge in [0.05, 0.1) is 0 Å². The first-order chi connectivity index (χ1) is 6.26. The zero-order valence-electron chi connectivity index (χ0n) is 8.05. The lowest BCUT2D eigenvalue weighted by Crippen LogP contribution is -1.78. The zero-order valence-corrected chi connectivity index (χ0v) is 9.68. The molecule has 0 aliphatic heterocycles. The van der Waals surface area contributed by atoms with E-state index in [4.69, 9.17) is 0 Å². The molecule has 0 radical (unpaired) electrons. The Morgan fingerprint density at radius 1 is 1.00 bits per heavy atom. The van der Waals surface area contributed by atoms with Crippen molar-refractivity contribution in [2.24, 2.45) is 0 Å². The van der Waals surface area contributed by atoms with E-state index in [1.54, 1.807) is 0 Å². The molecule has 0 bridgehead atoms. The first kappa shape index (κ1) is 9.22. The third-order valence-corrected chi connectivity index (χ3v) is 3.84. The standard InChI is InChI=1S/C11H12S2/c1-7-4-11(13-3)10-6-8(12-2)5-9(7)10/h4-6H,1-3H3. The SMILES string of the molecule is CSC1=CC2=C(C)C=C(SC)C2=C1. The zero-order chi connectivity index (χ0) is 9.42. The first-order valence-electron chi connectivity index (χ1n) is 4.21. The fourth-order valence-corrected chi connectivity index (χ4v) is 2.81. The van der Waals surface area contributed by atoms with E-state index >= 15 is 0 Å². The Labute approximate surface area is 87.9 Å². The molecule has 0 atom stereocenters. The van der Waals surface area contributed by atoms with E-state index in [9.17, 15) is 0 Å². The van der Waals surface area contributed by atoms with Gasteiger partial charge in [-0.15, -0.1) is 23.5 Å². The van der Waals surface area contributed by atoms with Crippen molar-refractivity contribution >= 4 is 23.5 Å². The molecule has 0 nitrogen and oxygen atoms in total. The van der Waals surface area contributed by atoms with Crippen LogP contribution < -0.4 is 0 Å². The molecule has 0 amide bonds. The molecule has 0 saturated heterocycles. The molecule has 68 valence electrons. The van der Waals surface area contributed by atoms with Crippen molar-refractivity contribution in [2.45, 2.75) is 6.92 Å². The predicted molar refractivity (Wildman–Crippen MR) is 64.0 cm³/mol. The summed E-state index contributed by atoms with van der Waals surface area (Å²) in [5, 5.41) is 0. The summed E-state index contributed by atoms with van der Waals surface area (Å²) in [5.74, 6) is 0. The fraction of sp³-hybridized carbons (Fsp3) is 0.273. The van der Waals surface area contributed by atoms with Gasteiger partial charge in [-0.1, -0.05) is 0 Å². The Kier molecular flexibility index (Phi) is 2.43. The van der Waals surface area contributed by atoms with Gasteiger partial charge in [0.1, 0.15) is 0 Å². The Balaban J connectivity index is 2.41. The number of hydrogen-bond acceptors (Lipinski definition) is 2. The van der Waals surface area contributed by atoms with Crippen LogP contribution in [0.1, 0.15) is 6.92 Å². The molecule has 2 heteroatoms. The van der Waals surface area contributed by atoms with Crippen LogP contribution in [-0.2, 0) is 0 Å². The highest BCUT2D eigenvalue weighted by molar-refractivity contribution is 8.03. The lowest BCUT2D eigenvalue weighted by atomic mass is 10.1. The van der Waals surface area contributed by atoms with Crippen LogP contribution in [0.3, 0.4) is 0 Å². The summed E-state index contributed by atoms with van der Waals surface area (Å²) in [6.45, 7) is 2.19. The highest BCUT2D eigenvalue weighted by Crippen LogP contribution is 2.43. The van der Waals surface area contributed by atoms with Gasteiger partial charge in [0.2, 0.25) is 0 Å². The van der Waals surface area contributed by atoms with Crippen molar-refractivity contribution in [3.63, 3.8) is 0 Å². The maximum atomic E-state index is 2.29. The molecule has 0 heterocycles. The Bertz CT molecular complexity index is 368. The van der Waals surface area contributed by atoms with Crippen molar-refractivity contribution in [3.05, 3.63) is 44.8 Å². The number of hydrogen-bond donors (Lipinski definition) is 0. The van der Waals surface area contributed by atoms with Gasteiger partial charge < -0.3 is 0 Å². The van der Waals surface area contributed by atoms with Crippen molar-refractivity contribution in [3.8, 4) is 0 Å². The van der Waals surface area contributed by atoms with E-state index in [2.05, 4.69) is 37.7 Å². The molecule has 13 heavy (non-hydrogen) atoms. The van der Waals surface area contributed by atoms with E-state index < -0.39 is 0 Å². The van der Waals surface area contributed by atoms with Crippen LogP contribution in [0.15, 0.2) is 44.8 Å². The Morgan fingerprint density at radius 2 is 1.77 bits per heavy atom. The monoisotopic (exact) mass is 208 g/mol. The predicted octanol–water partition coefficient (Wildman–Crippen LogP) is 3.75. The molecular weight excluding hydrogens is 196 g/mol. The minimum atomic E-state index is 1.38. The van der Waals surface area contributed by atoms with E-state index in [0.717, 1.165) is 0 Å². The van der Waals surface area contributed by atoms with Gasteiger partial charge in [-0.2, -0.15) is 0 Å². The molecule has 2 aliphatic carbocycles. The molecule has 0 aromatic heterocycles. The number of thioether (sulfide) groups is 2. The van der Waals surface area contributed by atoms with Gasteiger partial charge >= 0.3 is 0 Å². The van der Waals surface area contributed by atoms with Gasteiger partial charge in [-0.25, -0.2) is 0 Å². The molecule has 0 unspecified atom stereocenters. The molecule has 2 aliphatic rings. The lowest BCUT2D eigenvalue weighted by molar-refractivity contribution is 1.49. The van der Waals surface area contributed by atoms with Crippen LogP contribution in [0.5, 0.6) is 0 Å². The van der Waals surface area contributed by atoms with Crippen molar-refractivity contribution in [2.75, 3.05) is 12.5 Å². The highest BCUT2D eigenvalue weighted by atomic mass is 32.2. The number of rotatable bonds is 2. The molecule has 2 rings (SSSR count). The second kappa shape index (κ2) is 3.43. The van der Waals surface area contributed by atoms with Crippen molar-refractivity contribution in [1.82, 2.24) is 0 Å². The average molecular weight is 208 g/mol. The summed E-state index contributed by atoms with van der Waals surface area (Å²) in [6.07, 6.45) is 11.1. The van der Waals surface area contributed by atoms with Crippen LogP contribution in [0.25, 0.3) is 0 Å². The first-order valence-corrected chi connectivity index (χ1v) is 6.66. The molecule has 0 spiro atoms. The molecule has 0 saturated carbocycles. The number of allylic oxidation sites excluding steroid dienone is 6. The van der Waals surface area contributed by atoms with E-state index in [0.29, 0.717) is 0 Å². The third kappa shape index (κ3) is 1.42. The van der Waals surface area contributed by atoms with Crippen LogP contribution in [0.2, 0.25) is 0 Å². The quantitative estimate of drug-likeness (QED) is 0.678. The topological polar surface area (TPSA) is 0 Å². The second-order valence-corrected chi connectivity index (χ2v) is 4.85. The van der Waals surface area contributed by atoms with Gasteiger partial charge in [-0.05, 0) is 54.4 Å². The molecule has 0 aromatic carbocycles. The lowest BCUT2D eigenvalue weighted by Gasteiger charge is -1.99. The van der Waals surface area contributed by atoms with Crippen LogP contribution >= 0.6 is 23.5 Å². The largest absolute Gasteiger partial charge is 0.130 e. The van der Waals surface area contributed by atoms with Crippen LogP contribution in [0, 0.1) is 0 Å². The fourth-order valence-electron chi connectivity index (χ4n) is 1.65. The maximum Gasteiger partial charge on any atom is 0.0151 e. The Hall–Kier alpha value is -0.340. The molecule has 0 fully saturated rings. The van der Waals surface area contributed by atoms with Crippen molar-refractivity contribution < 1.29 is 0 Å². The number of fused-ring (bicyclic) bond motifs is 1.